The number of nitriles is 1. The van der Waals surface area contributed by atoms with Gasteiger partial charge in [-0.3, -0.25) is 0 Å². The Kier molecular flexibility index (Phi) is 2.67. The smallest absolute Gasteiger partial charge is 0.149 e. The van der Waals surface area contributed by atoms with Gasteiger partial charge in [-0.05, 0) is 38.2 Å². The van der Waals surface area contributed by atoms with Crippen LogP contribution in [0, 0.1) is 24.2 Å². The highest BCUT2D eigenvalue weighted by atomic mass is 14.9. The summed E-state index contributed by atoms with van der Waals surface area (Å²) >= 11 is 0. The fourth-order valence-electron chi connectivity index (χ4n) is 1.88. The molecule has 3 nitrogen and oxygen atoms in total. The van der Waals surface area contributed by atoms with Gasteiger partial charge in [0.25, 0.3) is 0 Å². The molecule has 0 radical (unpaired) electrons. The molecule has 0 bridgehead atoms. The molecule has 84 valence electrons. The summed E-state index contributed by atoms with van der Waals surface area (Å²) in [4.78, 5) is 8.96. The van der Waals surface area contributed by atoms with E-state index in [9.17, 15) is 0 Å². The van der Waals surface area contributed by atoms with Crippen LogP contribution in [-0.2, 0) is 11.8 Å². The van der Waals surface area contributed by atoms with Gasteiger partial charge in [0.05, 0.1) is 6.07 Å². The maximum absolute atomic E-state index is 9.14. The van der Waals surface area contributed by atoms with Crippen LogP contribution in [-0.4, -0.2) is 9.97 Å². The van der Waals surface area contributed by atoms with Crippen LogP contribution in [0.25, 0.3) is 0 Å². The molecule has 1 aliphatic rings. The van der Waals surface area contributed by atoms with Crippen molar-refractivity contribution in [3.8, 4) is 6.07 Å². The molecule has 0 unspecified atom stereocenters. The second kappa shape index (κ2) is 3.86. The maximum Gasteiger partial charge on any atom is 0.149 e. The molecule has 1 aliphatic carbocycles. The van der Waals surface area contributed by atoms with E-state index in [2.05, 4.69) is 29.9 Å². The summed E-state index contributed by atoms with van der Waals surface area (Å²) in [7, 11) is 0. The first kappa shape index (κ1) is 11.1. The molecule has 3 heteroatoms. The van der Waals surface area contributed by atoms with Gasteiger partial charge in [-0.25, -0.2) is 9.97 Å². The average Bonchev–Trinajstić information content (AvgIpc) is 2.96. The van der Waals surface area contributed by atoms with Gasteiger partial charge >= 0.3 is 0 Å². The minimum absolute atomic E-state index is 0.363. The normalized spacial score (nSPS) is 17.2. The largest absolute Gasteiger partial charge is 0.236 e. The number of hydrogen-bond acceptors (Lipinski definition) is 3. The average molecular weight is 215 g/mol. The summed E-state index contributed by atoms with van der Waals surface area (Å²) in [6.07, 6.45) is 2.78. The summed E-state index contributed by atoms with van der Waals surface area (Å²) in [5, 5.41) is 9.14. The van der Waals surface area contributed by atoms with Crippen LogP contribution in [0.1, 0.15) is 43.9 Å². The summed E-state index contributed by atoms with van der Waals surface area (Å²) in [6, 6.07) is 4.38. The van der Waals surface area contributed by atoms with Crippen LogP contribution in [0.15, 0.2) is 6.07 Å². The van der Waals surface area contributed by atoms with Crippen LogP contribution in [0.5, 0.6) is 0 Å². The third-order valence-electron chi connectivity index (χ3n) is 2.92. The Morgan fingerprint density at radius 1 is 1.44 bits per heavy atom. The minimum Gasteiger partial charge on any atom is -0.236 e. The Morgan fingerprint density at radius 2 is 2.12 bits per heavy atom. The molecule has 0 aliphatic heterocycles. The quantitative estimate of drug-likeness (QED) is 0.778. The van der Waals surface area contributed by atoms with E-state index in [4.69, 9.17) is 5.26 Å². The van der Waals surface area contributed by atoms with Crippen molar-refractivity contribution in [2.45, 2.75) is 45.4 Å². The molecule has 0 aromatic carbocycles. The molecule has 1 saturated carbocycles. The first-order valence-corrected chi connectivity index (χ1v) is 5.82. The molecule has 1 heterocycles. The number of aromatic nitrogens is 2. The Morgan fingerprint density at radius 3 is 2.62 bits per heavy atom. The van der Waals surface area contributed by atoms with E-state index in [-0.39, 0.29) is 5.41 Å². The van der Waals surface area contributed by atoms with E-state index < -0.39 is 0 Å². The number of nitrogens with zero attached hydrogens (tertiary/aromatic N) is 3. The minimum atomic E-state index is -0.363. The van der Waals surface area contributed by atoms with E-state index in [1.54, 1.807) is 0 Å². The summed E-state index contributed by atoms with van der Waals surface area (Å²) in [5.74, 6) is 1.32. The van der Waals surface area contributed by atoms with Crippen LogP contribution >= 0.6 is 0 Å². The molecule has 0 spiro atoms. The highest BCUT2D eigenvalue weighted by Gasteiger charge is 2.48. The molecule has 0 saturated heterocycles. The molecule has 2 rings (SSSR count). The molecule has 16 heavy (non-hydrogen) atoms. The molecular weight excluding hydrogens is 198 g/mol. The highest BCUT2D eigenvalue weighted by Crippen LogP contribution is 2.45. The van der Waals surface area contributed by atoms with Crippen molar-refractivity contribution < 1.29 is 0 Å². The van der Waals surface area contributed by atoms with Crippen LogP contribution in [0.4, 0.5) is 0 Å². The van der Waals surface area contributed by atoms with Crippen molar-refractivity contribution >= 4 is 0 Å². The lowest BCUT2D eigenvalue weighted by molar-refractivity contribution is 0.624. The SMILES string of the molecule is Cc1cc(CC(C)C)nc(C2(C#N)CC2)n1. The first-order valence-electron chi connectivity index (χ1n) is 5.82. The maximum atomic E-state index is 9.14. The third kappa shape index (κ3) is 2.06. The zero-order valence-corrected chi connectivity index (χ0v) is 10.1. The molecule has 0 atom stereocenters. The van der Waals surface area contributed by atoms with Crippen molar-refractivity contribution in [3.63, 3.8) is 0 Å². The van der Waals surface area contributed by atoms with Gasteiger partial charge in [0.1, 0.15) is 11.2 Å². The van der Waals surface area contributed by atoms with Crippen LogP contribution < -0.4 is 0 Å². The molecule has 1 aromatic rings. The van der Waals surface area contributed by atoms with Gasteiger partial charge in [0.15, 0.2) is 0 Å². The van der Waals surface area contributed by atoms with Crippen molar-refractivity contribution in [2.24, 2.45) is 5.92 Å². The van der Waals surface area contributed by atoms with Crippen molar-refractivity contribution in [1.82, 2.24) is 9.97 Å². The van der Waals surface area contributed by atoms with Crippen molar-refractivity contribution in [3.05, 3.63) is 23.3 Å². The van der Waals surface area contributed by atoms with E-state index in [0.717, 1.165) is 36.5 Å². The molecule has 0 amide bonds. The zero-order valence-electron chi connectivity index (χ0n) is 10.1. The lowest BCUT2D eigenvalue weighted by Gasteiger charge is -2.10. The standard InChI is InChI=1S/C13H17N3/c1-9(2)6-11-7-10(3)15-12(16-11)13(8-14)4-5-13/h7,9H,4-6H2,1-3H3. The van der Waals surface area contributed by atoms with Crippen molar-refractivity contribution in [2.75, 3.05) is 0 Å². The molecule has 1 aromatic heterocycles. The predicted octanol–water partition coefficient (Wildman–Crippen LogP) is 2.54. The third-order valence-corrected chi connectivity index (χ3v) is 2.92. The molecule has 1 fully saturated rings. The summed E-state index contributed by atoms with van der Waals surface area (Å²) < 4.78 is 0. The highest BCUT2D eigenvalue weighted by molar-refractivity contribution is 5.31. The van der Waals surface area contributed by atoms with Gasteiger partial charge in [-0.1, -0.05) is 13.8 Å². The Balaban J connectivity index is 2.34. The second-order valence-corrected chi connectivity index (χ2v) is 5.12. The Bertz CT molecular complexity index is 439. The molecule has 0 N–H and O–H groups in total. The lowest BCUT2D eigenvalue weighted by atomic mass is 10.1. The Hall–Kier alpha value is -1.43. The van der Waals surface area contributed by atoms with Crippen LogP contribution in [0.2, 0.25) is 0 Å². The monoisotopic (exact) mass is 215 g/mol. The zero-order chi connectivity index (χ0) is 11.8. The van der Waals surface area contributed by atoms with E-state index >= 15 is 0 Å². The predicted molar refractivity (Wildman–Crippen MR) is 61.8 cm³/mol. The van der Waals surface area contributed by atoms with E-state index in [1.165, 1.54) is 0 Å². The van der Waals surface area contributed by atoms with E-state index in [0.29, 0.717) is 5.92 Å². The fraction of sp³-hybridized carbons (Fsp3) is 0.615. The van der Waals surface area contributed by atoms with Gasteiger partial charge < -0.3 is 0 Å². The van der Waals surface area contributed by atoms with E-state index in [1.807, 2.05) is 13.0 Å². The first-order chi connectivity index (χ1) is 7.55. The van der Waals surface area contributed by atoms with Gasteiger partial charge in [-0.15, -0.1) is 0 Å². The topological polar surface area (TPSA) is 49.6 Å². The summed E-state index contributed by atoms with van der Waals surface area (Å²) in [5.41, 5.74) is 1.68. The molecular formula is C13H17N3. The second-order valence-electron chi connectivity index (χ2n) is 5.12. The van der Waals surface area contributed by atoms with Gasteiger partial charge in [0.2, 0.25) is 0 Å². The summed E-state index contributed by atoms with van der Waals surface area (Å²) in [6.45, 7) is 6.32. The van der Waals surface area contributed by atoms with Crippen LogP contribution in [0.3, 0.4) is 0 Å². The lowest BCUT2D eigenvalue weighted by Crippen LogP contribution is -2.12. The number of hydrogen-bond donors (Lipinski definition) is 0. The van der Waals surface area contributed by atoms with Crippen molar-refractivity contribution in [1.29, 1.82) is 5.26 Å². The number of rotatable bonds is 3. The number of aryl methyl sites for hydroxylation is 1. The van der Waals surface area contributed by atoms with Gasteiger partial charge in [0, 0.05) is 11.4 Å². The Labute approximate surface area is 96.5 Å². The van der Waals surface area contributed by atoms with Gasteiger partial charge in [-0.2, -0.15) is 5.26 Å². The fourth-order valence-corrected chi connectivity index (χ4v) is 1.88.